The van der Waals surface area contributed by atoms with E-state index in [1.54, 1.807) is 30.7 Å². The van der Waals surface area contributed by atoms with Gasteiger partial charge in [-0.2, -0.15) is 0 Å². The largest absolute Gasteiger partial charge is 0.340 e. The fourth-order valence-electron chi connectivity index (χ4n) is 3.43. The van der Waals surface area contributed by atoms with Crippen LogP contribution in [-0.4, -0.2) is 15.0 Å². The molecule has 0 bridgehead atoms. The highest BCUT2D eigenvalue weighted by atomic mass is 35.5. The second kappa shape index (κ2) is 8.13. The predicted molar refractivity (Wildman–Crippen MR) is 123 cm³/mol. The first-order valence-corrected chi connectivity index (χ1v) is 10.0. The molecule has 4 nitrogen and oxygen atoms in total. The number of fused-ring (bicyclic) bond motifs is 1. The third-order valence-corrected chi connectivity index (χ3v) is 5.26. The molecule has 0 spiro atoms. The second-order valence-corrected chi connectivity index (χ2v) is 7.44. The molecular weight excluding hydrogens is 411 g/mol. The number of hydrogen-bond acceptors (Lipinski definition) is 4. The molecule has 0 aliphatic rings. The first-order valence-electron chi connectivity index (χ1n) is 9.65. The van der Waals surface area contributed by atoms with E-state index >= 15 is 0 Å². The predicted octanol–water partition coefficient (Wildman–Crippen LogP) is 6.89. The zero-order valence-corrected chi connectivity index (χ0v) is 17.0. The number of halogens is 2. The van der Waals surface area contributed by atoms with Crippen molar-refractivity contribution >= 4 is 33.9 Å². The van der Waals surface area contributed by atoms with Gasteiger partial charge in [-0.1, -0.05) is 29.8 Å². The molecule has 0 fully saturated rings. The summed E-state index contributed by atoms with van der Waals surface area (Å²) >= 11 is 5.98. The van der Waals surface area contributed by atoms with E-state index in [0.29, 0.717) is 11.5 Å². The lowest BCUT2D eigenvalue weighted by molar-refractivity contribution is 0.628. The van der Waals surface area contributed by atoms with Crippen molar-refractivity contribution in [1.29, 1.82) is 0 Å². The van der Waals surface area contributed by atoms with Gasteiger partial charge in [-0.05, 0) is 59.5 Å². The minimum atomic E-state index is -0.465. The van der Waals surface area contributed by atoms with Crippen LogP contribution in [0.25, 0.3) is 33.2 Å². The molecule has 0 saturated heterocycles. The van der Waals surface area contributed by atoms with Crippen LogP contribution < -0.4 is 5.32 Å². The van der Waals surface area contributed by atoms with Gasteiger partial charge in [0.05, 0.1) is 10.7 Å². The summed E-state index contributed by atoms with van der Waals surface area (Å²) in [5.74, 6) is 0.178. The Morgan fingerprint density at radius 2 is 1.55 bits per heavy atom. The first kappa shape index (κ1) is 19.2. The molecule has 0 aliphatic carbocycles. The number of hydrogen-bond donors (Lipinski definition) is 1. The standard InChI is InChI=1S/C25H16ClFN4/c26-22-13-20(7-8-23(22)27)30-25-21-11-16(18-3-1-9-28-14-18)5-6-17(21)12-24(31-25)19-4-2-10-29-15-19/h1-15H,(H,30,31). The number of pyridine rings is 3. The molecule has 0 saturated carbocycles. The van der Waals surface area contributed by atoms with Crippen molar-refractivity contribution < 1.29 is 4.39 Å². The van der Waals surface area contributed by atoms with E-state index in [1.165, 1.54) is 6.07 Å². The Labute approximate surface area is 183 Å². The molecule has 31 heavy (non-hydrogen) atoms. The van der Waals surface area contributed by atoms with E-state index in [9.17, 15) is 4.39 Å². The summed E-state index contributed by atoms with van der Waals surface area (Å²) in [4.78, 5) is 13.3. The molecule has 0 atom stereocenters. The van der Waals surface area contributed by atoms with Crippen LogP contribution in [0.1, 0.15) is 0 Å². The van der Waals surface area contributed by atoms with Gasteiger partial charge in [0.25, 0.3) is 0 Å². The number of nitrogens with zero attached hydrogens (tertiary/aromatic N) is 3. The van der Waals surface area contributed by atoms with Gasteiger partial charge >= 0.3 is 0 Å². The zero-order chi connectivity index (χ0) is 21.2. The number of anilines is 2. The van der Waals surface area contributed by atoms with Gasteiger partial charge in [-0.15, -0.1) is 0 Å². The normalized spacial score (nSPS) is 10.9. The molecule has 3 aromatic heterocycles. The van der Waals surface area contributed by atoms with Crippen LogP contribution in [0.5, 0.6) is 0 Å². The second-order valence-electron chi connectivity index (χ2n) is 7.03. The minimum absolute atomic E-state index is 0.0498. The van der Waals surface area contributed by atoms with Crippen molar-refractivity contribution in [3.8, 4) is 22.4 Å². The number of nitrogens with one attached hydrogen (secondary N) is 1. The van der Waals surface area contributed by atoms with E-state index in [1.807, 2.05) is 36.5 Å². The quantitative estimate of drug-likeness (QED) is 0.339. The Kier molecular flexibility index (Phi) is 5.02. The van der Waals surface area contributed by atoms with Gasteiger partial charge in [-0.25, -0.2) is 9.37 Å². The lowest BCUT2D eigenvalue weighted by Gasteiger charge is -2.13. The van der Waals surface area contributed by atoms with E-state index in [0.717, 1.165) is 33.2 Å². The lowest BCUT2D eigenvalue weighted by atomic mass is 10.0. The summed E-state index contributed by atoms with van der Waals surface area (Å²) in [5, 5.41) is 5.29. The number of aromatic nitrogens is 3. The SMILES string of the molecule is Fc1ccc(Nc2nc(-c3cccnc3)cc3ccc(-c4cccnc4)cc23)cc1Cl. The molecule has 3 heterocycles. The molecule has 5 rings (SSSR count). The van der Waals surface area contributed by atoms with Crippen LogP contribution in [0.2, 0.25) is 5.02 Å². The van der Waals surface area contributed by atoms with E-state index in [4.69, 9.17) is 16.6 Å². The van der Waals surface area contributed by atoms with Crippen molar-refractivity contribution in [2.24, 2.45) is 0 Å². The molecule has 150 valence electrons. The fraction of sp³-hybridized carbons (Fsp3) is 0. The average molecular weight is 427 g/mol. The number of rotatable bonds is 4. The highest BCUT2D eigenvalue weighted by Crippen LogP contribution is 2.33. The van der Waals surface area contributed by atoms with Gasteiger partial charge in [0.15, 0.2) is 0 Å². The van der Waals surface area contributed by atoms with E-state index in [2.05, 4.69) is 33.5 Å². The summed E-state index contributed by atoms with van der Waals surface area (Å²) < 4.78 is 13.6. The molecule has 5 aromatic rings. The molecule has 6 heteroatoms. The topological polar surface area (TPSA) is 50.7 Å². The summed E-state index contributed by atoms with van der Waals surface area (Å²) in [5.41, 5.74) is 4.37. The number of benzene rings is 2. The van der Waals surface area contributed by atoms with Crippen LogP contribution in [0.15, 0.2) is 91.5 Å². The summed E-state index contributed by atoms with van der Waals surface area (Å²) in [6.45, 7) is 0. The Hall–Kier alpha value is -3.83. The van der Waals surface area contributed by atoms with Crippen LogP contribution in [0, 0.1) is 5.82 Å². The van der Waals surface area contributed by atoms with E-state index < -0.39 is 5.82 Å². The molecule has 1 N–H and O–H groups in total. The van der Waals surface area contributed by atoms with Crippen molar-refractivity contribution in [2.75, 3.05) is 5.32 Å². The van der Waals surface area contributed by atoms with Crippen LogP contribution in [0.4, 0.5) is 15.9 Å². The molecule has 0 aliphatic heterocycles. The van der Waals surface area contributed by atoms with Gasteiger partial charge in [0.1, 0.15) is 11.6 Å². The Morgan fingerprint density at radius 1 is 0.774 bits per heavy atom. The fourth-order valence-corrected chi connectivity index (χ4v) is 3.61. The van der Waals surface area contributed by atoms with Crippen molar-refractivity contribution in [2.45, 2.75) is 0 Å². The molecular formula is C25H16ClFN4. The highest BCUT2D eigenvalue weighted by Gasteiger charge is 2.11. The minimum Gasteiger partial charge on any atom is -0.340 e. The van der Waals surface area contributed by atoms with Gasteiger partial charge in [0, 0.05) is 47.0 Å². The summed E-state index contributed by atoms with van der Waals surface area (Å²) in [6, 6.07) is 20.5. The Morgan fingerprint density at radius 3 is 2.26 bits per heavy atom. The lowest BCUT2D eigenvalue weighted by Crippen LogP contribution is -1.98. The smallest absolute Gasteiger partial charge is 0.141 e. The first-order chi connectivity index (χ1) is 15.2. The monoisotopic (exact) mass is 426 g/mol. The van der Waals surface area contributed by atoms with Crippen molar-refractivity contribution in [1.82, 2.24) is 15.0 Å². The molecule has 0 unspecified atom stereocenters. The van der Waals surface area contributed by atoms with Gasteiger partial charge < -0.3 is 5.32 Å². The van der Waals surface area contributed by atoms with Crippen LogP contribution >= 0.6 is 11.6 Å². The maximum Gasteiger partial charge on any atom is 0.141 e. The third kappa shape index (κ3) is 3.96. The van der Waals surface area contributed by atoms with E-state index in [-0.39, 0.29) is 5.02 Å². The maximum atomic E-state index is 13.6. The van der Waals surface area contributed by atoms with Crippen LogP contribution in [-0.2, 0) is 0 Å². The van der Waals surface area contributed by atoms with Crippen molar-refractivity contribution in [3.05, 3.63) is 102 Å². The van der Waals surface area contributed by atoms with Gasteiger partial charge in [0.2, 0.25) is 0 Å². The highest BCUT2D eigenvalue weighted by molar-refractivity contribution is 6.31. The Bertz CT molecular complexity index is 1380. The molecule has 2 aromatic carbocycles. The van der Waals surface area contributed by atoms with Crippen LogP contribution in [0.3, 0.4) is 0 Å². The molecule has 0 amide bonds. The third-order valence-electron chi connectivity index (χ3n) is 4.97. The summed E-state index contributed by atoms with van der Waals surface area (Å²) in [6.07, 6.45) is 7.07. The molecule has 0 radical (unpaired) electrons. The summed E-state index contributed by atoms with van der Waals surface area (Å²) in [7, 11) is 0. The average Bonchev–Trinajstić information content (AvgIpc) is 2.82. The maximum absolute atomic E-state index is 13.6. The van der Waals surface area contributed by atoms with Gasteiger partial charge in [-0.3, -0.25) is 9.97 Å². The zero-order valence-electron chi connectivity index (χ0n) is 16.3. The Balaban J connectivity index is 1.68. The van der Waals surface area contributed by atoms with Crippen molar-refractivity contribution in [3.63, 3.8) is 0 Å².